The molecule has 1 aliphatic rings. The molecular weight excluding hydrogens is 474 g/mol. The number of hydrogen-bond acceptors (Lipinski definition) is 4. The van der Waals surface area contributed by atoms with Crippen LogP contribution < -0.4 is 5.32 Å². The second kappa shape index (κ2) is 11.3. The van der Waals surface area contributed by atoms with E-state index in [4.69, 9.17) is 4.74 Å². The van der Waals surface area contributed by atoms with E-state index in [1.54, 1.807) is 24.3 Å². The Morgan fingerprint density at radius 1 is 0.711 bits per heavy atom. The molecule has 1 unspecified atom stereocenters. The Kier molecular flexibility index (Phi) is 7.45. The number of esters is 1. The van der Waals surface area contributed by atoms with Gasteiger partial charge in [-0.15, -0.1) is 0 Å². The number of ether oxygens (including phenoxy) is 1. The van der Waals surface area contributed by atoms with Gasteiger partial charge < -0.3 is 10.1 Å². The van der Waals surface area contributed by atoms with Crippen molar-refractivity contribution >= 4 is 17.7 Å². The number of methoxy groups -OCH3 is 1. The lowest BCUT2D eigenvalue weighted by Gasteiger charge is -2.17. The summed E-state index contributed by atoms with van der Waals surface area (Å²) in [7, 11) is 1.30. The van der Waals surface area contributed by atoms with Crippen molar-refractivity contribution in [3.63, 3.8) is 0 Å². The third kappa shape index (κ3) is 5.42. The molecule has 0 saturated heterocycles. The standard InChI is InChI=1S/C33H29NO4/c1-38-33(37)27(20-22-12-5-2-6-13-22)34-32(36)26-19-11-18-25(21-26)31(35)30-28(23-14-7-3-8-15-23)29(30)24-16-9-4-10-17-24/h2-19,21,27-30H,20H2,1H3,(H,34,36)/t27-,28-,29+,30?/m0/s1. The maximum atomic E-state index is 13.8. The second-order valence-electron chi connectivity index (χ2n) is 9.58. The Balaban J connectivity index is 1.36. The molecule has 0 radical (unpaired) electrons. The van der Waals surface area contributed by atoms with Crippen LogP contribution in [0.1, 0.15) is 49.2 Å². The number of ketones is 1. The van der Waals surface area contributed by atoms with Gasteiger partial charge >= 0.3 is 5.97 Å². The molecule has 190 valence electrons. The number of carbonyl (C=O) groups is 3. The van der Waals surface area contributed by atoms with Crippen LogP contribution >= 0.6 is 0 Å². The van der Waals surface area contributed by atoms with Crippen molar-refractivity contribution in [2.24, 2.45) is 5.92 Å². The Bertz CT molecular complexity index is 1370. The molecule has 1 fully saturated rings. The summed E-state index contributed by atoms with van der Waals surface area (Å²) in [5.41, 5.74) is 3.98. The number of rotatable bonds is 9. The van der Waals surface area contributed by atoms with Gasteiger partial charge in [-0.25, -0.2) is 4.79 Å². The van der Waals surface area contributed by atoms with Crippen LogP contribution in [0.5, 0.6) is 0 Å². The van der Waals surface area contributed by atoms with E-state index >= 15 is 0 Å². The first kappa shape index (κ1) is 25.2. The maximum absolute atomic E-state index is 13.8. The van der Waals surface area contributed by atoms with Gasteiger partial charge in [0.1, 0.15) is 6.04 Å². The zero-order chi connectivity index (χ0) is 26.5. The van der Waals surface area contributed by atoms with E-state index in [1.807, 2.05) is 66.7 Å². The average molecular weight is 504 g/mol. The van der Waals surface area contributed by atoms with Gasteiger partial charge in [-0.2, -0.15) is 0 Å². The molecule has 4 atom stereocenters. The Hall–Kier alpha value is -4.51. The molecule has 5 rings (SSSR count). The van der Waals surface area contributed by atoms with Crippen molar-refractivity contribution in [1.82, 2.24) is 5.32 Å². The van der Waals surface area contributed by atoms with E-state index in [0.29, 0.717) is 17.5 Å². The molecule has 1 aliphatic carbocycles. The van der Waals surface area contributed by atoms with Crippen LogP contribution in [0.2, 0.25) is 0 Å². The highest BCUT2D eigenvalue weighted by molar-refractivity contribution is 6.04. The highest BCUT2D eigenvalue weighted by Gasteiger charge is 2.55. The van der Waals surface area contributed by atoms with E-state index in [1.165, 1.54) is 7.11 Å². The molecule has 38 heavy (non-hydrogen) atoms. The molecule has 0 spiro atoms. The summed E-state index contributed by atoms with van der Waals surface area (Å²) in [5, 5.41) is 2.79. The van der Waals surface area contributed by atoms with E-state index in [9.17, 15) is 14.4 Å². The number of carbonyl (C=O) groups excluding carboxylic acids is 3. The van der Waals surface area contributed by atoms with Crippen molar-refractivity contribution in [2.45, 2.75) is 24.3 Å². The first-order valence-electron chi connectivity index (χ1n) is 12.7. The van der Waals surface area contributed by atoms with Crippen molar-refractivity contribution in [1.29, 1.82) is 0 Å². The van der Waals surface area contributed by atoms with E-state index < -0.39 is 17.9 Å². The van der Waals surface area contributed by atoms with Crippen LogP contribution in [0.15, 0.2) is 115 Å². The summed E-state index contributed by atoms with van der Waals surface area (Å²) < 4.78 is 4.92. The number of Topliss-reactive ketones (excluding diaryl/α,β-unsaturated/α-hetero) is 1. The van der Waals surface area contributed by atoms with Gasteiger partial charge in [-0.3, -0.25) is 9.59 Å². The molecule has 1 saturated carbocycles. The summed E-state index contributed by atoms with van der Waals surface area (Å²) in [6.07, 6.45) is 0.303. The van der Waals surface area contributed by atoms with Crippen LogP contribution in [-0.4, -0.2) is 30.8 Å². The van der Waals surface area contributed by atoms with E-state index in [0.717, 1.165) is 16.7 Å². The molecule has 4 aromatic rings. The van der Waals surface area contributed by atoms with Crippen molar-refractivity contribution < 1.29 is 19.1 Å². The normalized spacial score (nSPS) is 18.7. The third-order valence-corrected chi connectivity index (χ3v) is 7.17. The van der Waals surface area contributed by atoms with Crippen LogP contribution in [0.25, 0.3) is 0 Å². The number of hydrogen-bond donors (Lipinski definition) is 1. The molecule has 0 aliphatic heterocycles. The Morgan fingerprint density at radius 2 is 1.24 bits per heavy atom. The molecular formula is C33H29NO4. The van der Waals surface area contributed by atoms with Gasteiger partial charge in [0.15, 0.2) is 5.78 Å². The summed E-state index contributed by atoms with van der Waals surface area (Å²) >= 11 is 0. The van der Waals surface area contributed by atoms with Gasteiger partial charge in [-0.1, -0.05) is 103 Å². The van der Waals surface area contributed by atoms with Crippen LogP contribution in [0.4, 0.5) is 0 Å². The zero-order valence-corrected chi connectivity index (χ0v) is 21.1. The predicted octanol–water partition coefficient (Wildman–Crippen LogP) is 5.58. The largest absolute Gasteiger partial charge is 0.467 e. The topological polar surface area (TPSA) is 72.5 Å². The minimum Gasteiger partial charge on any atom is -0.467 e. The van der Waals surface area contributed by atoms with Crippen molar-refractivity contribution in [3.05, 3.63) is 143 Å². The van der Waals surface area contributed by atoms with Gasteiger partial charge in [0.25, 0.3) is 5.91 Å². The first-order chi connectivity index (χ1) is 18.6. The summed E-state index contributed by atoms with van der Waals surface area (Å²) in [4.78, 5) is 39.3. The monoisotopic (exact) mass is 503 g/mol. The lowest BCUT2D eigenvalue weighted by molar-refractivity contribution is -0.142. The van der Waals surface area contributed by atoms with Crippen LogP contribution in [0.3, 0.4) is 0 Å². The first-order valence-corrected chi connectivity index (χ1v) is 12.7. The minimum absolute atomic E-state index is 0.0103. The van der Waals surface area contributed by atoms with E-state index in [2.05, 4.69) is 29.6 Å². The lowest BCUT2D eigenvalue weighted by atomic mass is 10.00. The third-order valence-electron chi connectivity index (χ3n) is 7.17. The Labute approximate surface area is 222 Å². The van der Waals surface area contributed by atoms with Gasteiger partial charge in [0, 0.05) is 35.3 Å². The van der Waals surface area contributed by atoms with Gasteiger partial charge in [0.05, 0.1) is 7.11 Å². The zero-order valence-electron chi connectivity index (χ0n) is 21.1. The summed E-state index contributed by atoms with van der Waals surface area (Å²) in [6.45, 7) is 0. The molecule has 5 heteroatoms. The molecule has 5 nitrogen and oxygen atoms in total. The number of amides is 1. The minimum atomic E-state index is -0.845. The molecule has 4 aromatic carbocycles. The van der Waals surface area contributed by atoms with Crippen LogP contribution in [-0.2, 0) is 16.0 Å². The second-order valence-corrected chi connectivity index (χ2v) is 9.58. The van der Waals surface area contributed by atoms with Gasteiger partial charge in [0.2, 0.25) is 0 Å². The maximum Gasteiger partial charge on any atom is 0.328 e. The highest BCUT2D eigenvalue weighted by atomic mass is 16.5. The van der Waals surface area contributed by atoms with Crippen molar-refractivity contribution in [3.8, 4) is 0 Å². The van der Waals surface area contributed by atoms with Gasteiger partial charge in [-0.05, 0) is 28.8 Å². The van der Waals surface area contributed by atoms with Crippen molar-refractivity contribution in [2.75, 3.05) is 7.11 Å². The number of nitrogens with one attached hydrogen (secondary N) is 1. The fourth-order valence-corrected chi connectivity index (χ4v) is 5.25. The Morgan fingerprint density at radius 3 is 1.79 bits per heavy atom. The quantitative estimate of drug-likeness (QED) is 0.239. The summed E-state index contributed by atoms with van der Waals surface area (Å²) in [6, 6.07) is 35.5. The fourth-order valence-electron chi connectivity index (χ4n) is 5.25. The number of benzene rings is 4. The van der Waals surface area contributed by atoms with E-state index in [-0.39, 0.29) is 23.5 Å². The molecule has 0 heterocycles. The predicted molar refractivity (Wildman–Crippen MR) is 146 cm³/mol. The highest BCUT2D eigenvalue weighted by Crippen LogP contribution is 2.61. The van der Waals surface area contributed by atoms with Crippen LogP contribution in [0, 0.1) is 5.92 Å². The molecule has 0 aromatic heterocycles. The lowest BCUT2D eigenvalue weighted by Crippen LogP contribution is -2.43. The molecule has 0 bridgehead atoms. The molecule has 1 amide bonds. The summed E-state index contributed by atoms with van der Waals surface area (Å²) in [5.74, 6) is -0.990. The SMILES string of the molecule is COC(=O)[C@H](Cc1ccccc1)NC(=O)c1cccc(C(=O)C2[C@@H](c3ccccc3)[C@H]2c2ccccc2)c1. The molecule has 1 N–H and O–H groups in total. The average Bonchev–Trinajstić information content (AvgIpc) is 3.73. The smallest absolute Gasteiger partial charge is 0.328 e. The fraction of sp³-hybridized carbons (Fsp3) is 0.182.